The van der Waals surface area contributed by atoms with Crippen LogP contribution >= 0.6 is 0 Å². The van der Waals surface area contributed by atoms with Gasteiger partial charge in [-0.15, -0.1) is 0 Å². The molecule has 0 saturated heterocycles. The van der Waals surface area contributed by atoms with Gasteiger partial charge in [0.2, 0.25) is 0 Å². The van der Waals surface area contributed by atoms with Crippen LogP contribution in [0.3, 0.4) is 0 Å². The normalized spacial score (nSPS) is 12.7. The highest BCUT2D eigenvalue weighted by Crippen LogP contribution is 2.26. The van der Waals surface area contributed by atoms with Gasteiger partial charge in [-0.3, -0.25) is 4.79 Å². The van der Waals surface area contributed by atoms with Crippen LogP contribution in [0.5, 0.6) is 0 Å². The fourth-order valence-corrected chi connectivity index (χ4v) is 2.24. The summed E-state index contributed by atoms with van der Waals surface area (Å²) < 4.78 is 4.42. The van der Waals surface area contributed by atoms with Gasteiger partial charge in [-0.1, -0.05) is 30.3 Å². The predicted octanol–water partition coefficient (Wildman–Crippen LogP) is 1.93. The molecule has 1 N–H and O–H groups in total. The Morgan fingerprint density at radius 2 is 1.41 bits per heavy atom. The second-order valence-electron chi connectivity index (χ2n) is 4.62. The molecule has 3 rings (SSSR count). The van der Waals surface area contributed by atoms with Crippen molar-refractivity contribution in [1.29, 1.82) is 0 Å². The Labute approximate surface area is 123 Å². The number of fused-ring (bicyclic) bond motifs is 1. The van der Waals surface area contributed by atoms with E-state index in [4.69, 9.17) is 0 Å². The zero-order valence-electron chi connectivity index (χ0n) is 11.0. The third-order valence-electron chi connectivity index (χ3n) is 3.29. The lowest BCUT2D eigenvalue weighted by molar-refractivity contribution is 0.0443. The van der Waals surface area contributed by atoms with E-state index in [2.05, 4.69) is 4.74 Å². The molecule has 2 aromatic carbocycles. The maximum atomic E-state index is 12.5. The molecule has 0 aromatic heterocycles. The number of hydrogen-bond acceptors (Lipinski definition) is 5. The molecule has 0 spiro atoms. The summed E-state index contributed by atoms with van der Waals surface area (Å²) in [6, 6.07) is 10.2. The van der Waals surface area contributed by atoms with Gasteiger partial charge in [-0.2, -0.15) is 0 Å². The highest BCUT2D eigenvalue weighted by molar-refractivity contribution is 6.20. The minimum Gasteiger partial charge on any atom is -0.478 e. The van der Waals surface area contributed by atoms with E-state index in [0.29, 0.717) is 0 Å². The Bertz CT molecular complexity index is 835. The van der Waals surface area contributed by atoms with Gasteiger partial charge < -0.3 is 9.84 Å². The lowest BCUT2D eigenvalue weighted by atomic mass is 9.94. The smallest absolute Gasteiger partial charge is 0.346 e. The average Bonchev–Trinajstić information content (AvgIpc) is 2.80. The third kappa shape index (κ3) is 2.07. The minimum atomic E-state index is -1.37. The zero-order chi connectivity index (χ0) is 15.9. The van der Waals surface area contributed by atoms with E-state index in [1.54, 1.807) is 18.2 Å². The van der Waals surface area contributed by atoms with Crippen molar-refractivity contribution in [3.05, 3.63) is 70.3 Å². The number of esters is 2. The van der Waals surface area contributed by atoms with Crippen LogP contribution in [0, 0.1) is 0 Å². The summed E-state index contributed by atoms with van der Waals surface area (Å²) in [4.78, 5) is 46.9. The van der Waals surface area contributed by atoms with Crippen molar-refractivity contribution in [2.75, 3.05) is 0 Å². The third-order valence-corrected chi connectivity index (χ3v) is 3.29. The highest BCUT2D eigenvalue weighted by Gasteiger charge is 2.33. The Morgan fingerprint density at radius 1 is 0.864 bits per heavy atom. The average molecular weight is 296 g/mol. The maximum Gasteiger partial charge on any atom is 0.346 e. The lowest BCUT2D eigenvalue weighted by Gasteiger charge is -2.07. The van der Waals surface area contributed by atoms with Crippen LogP contribution in [0.4, 0.5) is 0 Å². The molecule has 0 saturated carbocycles. The van der Waals surface area contributed by atoms with Crippen LogP contribution in [-0.4, -0.2) is 28.8 Å². The largest absolute Gasteiger partial charge is 0.478 e. The van der Waals surface area contributed by atoms with Gasteiger partial charge >= 0.3 is 17.9 Å². The summed E-state index contributed by atoms with van der Waals surface area (Å²) in [7, 11) is 0. The van der Waals surface area contributed by atoms with Crippen molar-refractivity contribution in [1.82, 2.24) is 0 Å². The summed E-state index contributed by atoms with van der Waals surface area (Å²) in [6.45, 7) is 0. The van der Waals surface area contributed by atoms with Gasteiger partial charge in [0.1, 0.15) is 0 Å². The quantitative estimate of drug-likeness (QED) is 0.528. The maximum absolute atomic E-state index is 12.5. The summed E-state index contributed by atoms with van der Waals surface area (Å²) in [6.07, 6.45) is 0. The molecule has 2 aromatic rings. The number of benzene rings is 2. The molecule has 0 amide bonds. The SMILES string of the molecule is O=C(O)c1cc2c(cc1C(=O)c1ccccc1)C(=O)OC2=O. The Hall–Kier alpha value is -3.28. The number of rotatable bonds is 3. The van der Waals surface area contributed by atoms with Gasteiger partial charge in [0.25, 0.3) is 0 Å². The van der Waals surface area contributed by atoms with E-state index in [-0.39, 0.29) is 27.8 Å². The number of hydrogen-bond donors (Lipinski definition) is 1. The van der Waals surface area contributed by atoms with E-state index >= 15 is 0 Å². The molecule has 1 aliphatic rings. The molecule has 0 radical (unpaired) electrons. The van der Waals surface area contributed by atoms with Crippen molar-refractivity contribution in [3.8, 4) is 0 Å². The van der Waals surface area contributed by atoms with Crippen molar-refractivity contribution < 1.29 is 29.0 Å². The Morgan fingerprint density at radius 3 is 1.95 bits per heavy atom. The van der Waals surface area contributed by atoms with Crippen LogP contribution in [-0.2, 0) is 4.74 Å². The molecule has 22 heavy (non-hydrogen) atoms. The van der Waals surface area contributed by atoms with Gasteiger partial charge in [-0.25, -0.2) is 14.4 Å². The lowest BCUT2D eigenvalue weighted by Crippen LogP contribution is -2.12. The predicted molar refractivity (Wildman–Crippen MR) is 73.0 cm³/mol. The van der Waals surface area contributed by atoms with Gasteiger partial charge in [-0.05, 0) is 12.1 Å². The van der Waals surface area contributed by atoms with Gasteiger partial charge in [0, 0.05) is 11.1 Å². The van der Waals surface area contributed by atoms with E-state index in [1.807, 2.05) is 0 Å². The Kier molecular flexibility index (Phi) is 3.06. The van der Waals surface area contributed by atoms with E-state index < -0.39 is 23.7 Å². The second kappa shape index (κ2) is 4.92. The van der Waals surface area contributed by atoms with Crippen LogP contribution < -0.4 is 0 Å². The second-order valence-corrected chi connectivity index (χ2v) is 4.62. The molecule has 0 unspecified atom stereocenters. The minimum absolute atomic E-state index is 0.103. The van der Waals surface area contributed by atoms with Crippen LogP contribution in [0.2, 0.25) is 0 Å². The Balaban J connectivity index is 2.21. The number of carboxylic acids is 1. The zero-order valence-corrected chi connectivity index (χ0v) is 11.0. The number of carbonyl (C=O) groups excluding carboxylic acids is 3. The summed E-state index contributed by atoms with van der Waals surface area (Å²) in [5.41, 5.74) is -0.479. The molecule has 108 valence electrons. The summed E-state index contributed by atoms with van der Waals surface area (Å²) in [5.74, 6) is -3.72. The molecule has 1 heterocycles. The first-order valence-electron chi connectivity index (χ1n) is 6.26. The van der Waals surface area contributed by atoms with Crippen molar-refractivity contribution in [2.45, 2.75) is 0 Å². The first-order chi connectivity index (χ1) is 10.5. The number of ether oxygens (including phenoxy) is 1. The molecule has 0 aliphatic carbocycles. The first-order valence-corrected chi connectivity index (χ1v) is 6.26. The van der Waals surface area contributed by atoms with Crippen LogP contribution in [0.25, 0.3) is 0 Å². The van der Waals surface area contributed by atoms with Crippen molar-refractivity contribution >= 4 is 23.7 Å². The molecule has 0 fully saturated rings. The molecule has 0 atom stereocenters. The molecule has 6 heteroatoms. The van der Waals surface area contributed by atoms with E-state index in [0.717, 1.165) is 12.1 Å². The standard InChI is InChI=1S/C16H8O6/c17-13(8-4-2-1-3-5-8)9-6-11-12(7-10(9)14(18)19)16(21)22-15(11)20/h1-7H,(H,18,19). The molecule has 1 aliphatic heterocycles. The monoisotopic (exact) mass is 296 g/mol. The van der Waals surface area contributed by atoms with Crippen molar-refractivity contribution in [2.24, 2.45) is 0 Å². The van der Waals surface area contributed by atoms with Gasteiger partial charge in [0.05, 0.1) is 16.7 Å². The number of carbonyl (C=O) groups is 4. The van der Waals surface area contributed by atoms with E-state index in [9.17, 15) is 24.3 Å². The molecule has 0 bridgehead atoms. The van der Waals surface area contributed by atoms with Crippen LogP contribution in [0.1, 0.15) is 47.0 Å². The molecular weight excluding hydrogens is 288 g/mol. The number of carboxylic acid groups (broad SMARTS) is 1. The number of aromatic carboxylic acids is 1. The van der Waals surface area contributed by atoms with Crippen molar-refractivity contribution in [3.63, 3.8) is 0 Å². The number of cyclic esters (lactones) is 2. The molecular formula is C16H8O6. The number of ketones is 1. The molecule has 6 nitrogen and oxygen atoms in total. The van der Waals surface area contributed by atoms with Crippen LogP contribution in [0.15, 0.2) is 42.5 Å². The van der Waals surface area contributed by atoms with E-state index in [1.165, 1.54) is 12.1 Å². The fourth-order valence-electron chi connectivity index (χ4n) is 2.24. The summed E-state index contributed by atoms with van der Waals surface area (Å²) in [5, 5.41) is 9.26. The topological polar surface area (TPSA) is 97.7 Å². The highest BCUT2D eigenvalue weighted by atomic mass is 16.6. The first kappa shape index (κ1) is 13.7. The van der Waals surface area contributed by atoms with Gasteiger partial charge in [0.15, 0.2) is 5.78 Å². The fraction of sp³-hybridized carbons (Fsp3) is 0. The summed E-state index contributed by atoms with van der Waals surface area (Å²) >= 11 is 0.